The smallest absolute Gasteiger partial charge is 0.280 e. The Bertz CT molecular complexity index is 724. The average Bonchev–Trinajstić information content (AvgIpc) is 2.69. The summed E-state index contributed by atoms with van der Waals surface area (Å²) in [7, 11) is 0. The molecule has 0 radical (unpaired) electrons. The standard InChI is InChI=1S/C14H16BrN3O3/c1-7-11(3-9(6-16)8(2)19)14-12(17-7)4-10(15)5-13(14)18(20)21/h4-5,9,17,19H,2-3,6,16H2,1H3. The molecule has 0 saturated carbocycles. The Hall–Kier alpha value is -1.86. The van der Waals surface area contributed by atoms with Crippen LogP contribution in [0.1, 0.15) is 11.3 Å². The molecule has 0 bridgehead atoms. The second-order valence-corrected chi connectivity index (χ2v) is 5.88. The van der Waals surface area contributed by atoms with Crippen molar-refractivity contribution >= 4 is 32.5 Å². The fourth-order valence-electron chi connectivity index (χ4n) is 2.46. The summed E-state index contributed by atoms with van der Waals surface area (Å²) >= 11 is 3.27. The van der Waals surface area contributed by atoms with Gasteiger partial charge in [-0.25, -0.2) is 0 Å². The van der Waals surface area contributed by atoms with Gasteiger partial charge in [0.2, 0.25) is 0 Å². The van der Waals surface area contributed by atoms with E-state index in [1.807, 2.05) is 6.92 Å². The molecule has 0 aliphatic heterocycles. The highest BCUT2D eigenvalue weighted by molar-refractivity contribution is 9.10. The lowest BCUT2D eigenvalue weighted by Gasteiger charge is -2.13. The summed E-state index contributed by atoms with van der Waals surface area (Å²) in [5, 5.41) is 21.4. The van der Waals surface area contributed by atoms with Crippen LogP contribution in [0.4, 0.5) is 5.69 Å². The van der Waals surface area contributed by atoms with E-state index in [0.29, 0.717) is 21.8 Å². The largest absolute Gasteiger partial charge is 0.513 e. The summed E-state index contributed by atoms with van der Waals surface area (Å²) in [6.07, 6.45) is 0.403. The number of nitrogens with zero attached hydrogens (tertiary/aromatic N) is 1. The van der Waals surface area contributed by atoms with E-state index in [1.54, 1.807) is 6.07 Å². The van der Waals surface area contributed by atoms with Gasteiger partial charge in [0, 0.05) is 28.7 Å². The number of non-ortho nitro benzene ring substituents is 1. The van der Waals surface area contributed by atoms with Crippen LogP contribution in [0.2, 0.25) is 0 Å². The molecule has 1 aromatic heterocycles. The van der Waals surface area contributed by atoms with Gasteiger partial charge >= 0.3 is 0 Å². The molecule has 1 unspecified atom stereocenters. The van der Waals surface area contributed by atoms with Gasteiger partial charge in [-0.1, -0.05) is 22.5 Å². The average molecular weight is 354 g/mol. The van der Waals surface area contributed by atoms with Crippen LogP contribution in [0, 0.1) is 23.0 Å². The van der Waals surface area contributed by atoms with E-state index in [2.05, 4.69) is 27.5 Å². The Labute approximate surface area is 129 Å². The maximum Gasteiger partial charge on any atom is 0.280 e. The molecule has 4 N–H and O–H groups in total. The minimum Gasteiger partial charge on any atom is -0.513 e. The van der Waals surface area contributed by atoms with Gasteiger partial charge in [0.25, 0.3) is 5.69 Å². The molecule has 2 aromatic rings. The van der Waals surface area contributed by atoms with Gasteiger partial charge in [-0.2, -0.15) is 0 Å². The number of aromatic amines is 1. The van der Waals surface area contributed by atoms with Gasteiger partial charge in [0.15, 0.2) is 0 Å². The molecule has 0 spiro atoms. The summed E-state index contributed by atoms with van der Waals surface area (Å²) in [5.41, 5.74) is 7.96. The van der Waals surface area contributed by atoms with Crippen molar-refractivity contribution in [2.75, 3.05) is 6.54 Å². The van der Waals surface area contributed by atoms with Gasteiger partial charge in [0.1, 0.15) is 0 Å². The van der Waals surface area contributed by atoms with E-state index in [4.69, 9.17) is 5.73 Å². The molecule has 21 heavy (non-hydrogen) atoms. The summed E-state index contributed by atoms with van der Waals surface area (Å²) < 4.78 is 0.636. The summed E-state index contributed by atoms with van der Waals surface area (Å²) in [6.45, 7) is 5.59. The molecule has 0 saturated heterocycles. The Morgan fingerprint density at radius 1 is 1.62 bits per heavy atom. The van der Waals surface area contributed by atoms with Crippen LogP contribution in [0.25, 0.3) is 10.9 Å². The third kappa shape index (κ3) is 2.93. The molecule has 1 aromatic carbocycles. The number of aliphatic hydroxyl groups is 1. The molecule has 1 heterocycles. The first-order chi connectivity index (χ1) is 9.85. The normalized spacial score (nSPS) is 12.5. The molecular weight excluding hydrogens is 338 g/mol. The SMILES string of the molecule is C=C(O)C(CN)Cc1c(C)[nH]c2cc(Br)cc([N+](=O)[O-])c12. The number of nitrogens with one attached hydrogen (secondary N) is 1. The molecule has 1 atom stereocenters. The Kier molecular flexibility index (Phi) is 4.34. The fraction of sp³-hybridized carbons (Fsp3) is 0.286. The van der Waals surface area contributed by atoms with E-state index in [0.717, 1.165) is 11.3 Å². The molecule has 7 heteroatoms. The molecule has 0 fully saturated rings. The van der Waals surface area contributed by atoms with E-state index < -0.39 is 4.92 Å². The monoisotopic (exact) mass is 353 g/mol. The number of nitro benzene ring substituents is 1. The summed E-state index contributed by atoms with van der Waals surface area (Å²) in [5.74, 6) is -0.336. The number of hydrogen-bond donors (Lipinski definition) is 3. The highest BCUT2D eigenvalue weighted by Gasteiger charge is 2.23. The zero-order valence-corrected chi connectivity index (χ0v) is 13.1. The van der Waals surface area contributed by atoms with Crippen molar-refractivity contribution in [2.24, 2.45) is 11.7 Å². The zero-order valence-electron chi connectivity index (χ0n) is 11.5. The van der Waals surface area contributed by atoms with E-state index in [-0.39, 0.29) is 23.9 Å². The topological polar surface area (TPSA) is 105 Å². The van der Waals surface area contributed by atoms with Gasteiger partial charge in [-0.3, -0.25) is 10.1 Å². The maximum absolute atomic E-state index is 11.3. The number of rotatable bonds is 5. The van der Waals surface area contributed by atoms with Crippen molar-refractivity contribution < 1.29 is 10.0 Å². The second kappa shape index (κ2) is 5.87. The quantitative estimate of drug-likeness (QED) is 0.435. The number of benzene rings is 1. The van der Waals surface area contributed by atoms with Crippen molar-refractivity contribution in [3.05, 3.63) is 50.3 Å². The van der Waals surface area contributed by atoms with Crippen LogP contribution in [-0.4, -0.2) is 21.6 Å². The molecule has 2 rings (SSSR count). The summed E-state index contributed by atoms with van der Waals surface area (Å²) in [4.78, 5) is 14.0. The van der Waals surface area contributed by atoms with Gasteiger partial charge in [0.05, 0.1) is 21.6 Å². The molecule has 0 aliphatic rings. The van der Waals surface area contributed by atoms with Crippen LogP contribution in [0.5, 0.6) is 0 Å². The van der Waals surface area contributed by atoms with Crippen molar-refractivity contribution in [3.8, 4) is 0 Å². The van der Waals surface area contributed by atoms with Crippen LogP contribution in [-0.2, 0) is 6.42 Å². The van der Waals surface area contributed by atoms with Crippen LogP contribution in [0.3, 0.4) is 0 Å². The first-order valence-electron chi connectivity index (χ1n) is 6.38. The predicted octanol–water partition coefficient (Wildman–Crippen LogP) is 3.34. The number of nitrogens with two attached hydrogens (primary N) is 1. The second-order valence-electron chi connectivity index (χ2n) is 4.96. The number of H-pyrrole nitrogens is 1. The number of hydrogen-bond acceptors (Lipinski definition) is 4. The van der Waals surface area contributed by atoms with Crippen LogP contribution < -0.4 is 5.73 Å². The molecule has 6 nitrogen and oxygen atoms in total. The number of aromatic nitrogens is 1. The number of aryl methyl sites for hydroxylation is 1. The summed E-state index contributed by atoms with van der Waals surface area (Å²) in [6, 6.07) is 3.27. The number of nitro groups is 1. The lowest BCUT2D eigenvalue weighted by molar-refractivity contribution is -0.383. The van der Waals surface area contributed by atoms with E-state index in [1.165, 1.54) is 6.07 Å². The highest BCUT2D eigenvalue weighted by Crippen LogP contribution is 2.35. The predicted molar refractivity (Wildman–Crippen MR) is 85.4 cm³/mol. The maximum atomic E-state index is 11.3. The Morgan fingerprint density at radius 3 is 2.81 bits per heavy atom. The van der Waals surface area contributed by atoms with E-state index >= 15 is 0 Å². The molecule has 0 amide bonds. The first kappa shape index (κ1) is 15.5. The highest BCUT2D eigenvalue weighted by atomic mass is 79.9. The van der Waals surface area contributed by atoms with Gasteiger partial charge in [-0.15, -0.1) is 0 Å². The minimum absolute atomic E-state index is 0.00832. The Morgan fingerprint density at radius 2 is 2.29 bits per heavy atom. The van der Waals surface area contributed by atoms with Gasteiger partial charge in [-0.05, 0) is 25.0 Å². The molecule has 112 valence electrons. The van der Waals surface area contributed by atoms with Crippen molar-refractivity contribution in [3.63, 3.8) is 0 Å². The third-order valence-electron chi connectivity index (χ3n) is 3.56. The molecule has 0 aliphatic carbocycles. The minimum atomic E-state index is -0.408. The number of fused-ring (bicyclic) bond motifs is 1. The lowest BCUT2D eigenvalue weighted by atomic mass is 9.95. The van der Waals surface area contributed by atoms with Crippen molar-refractivity contribution in [1.29, 1.82) is 0 Å². The number of halogens is 1. The molecular formula is C14H16BrN3O3. The number of aliphatic hydroxyl groups excluding tert-OH is 1. The van der Waals surface area contributed by atoms with Crippen molar-refractivity contribution in [2.45, 2.75) is 13.3 Å². The van der Waals surface area contributed by atoms with Crippen LogP contribution in [0.15, 0.2) is 28.9 Å². The third-order valence-corrected chi connectivity index (χ3v) is 4.02. The fourth-order valence-corrected chi connectivity index (χ4v) is 2.90. The lowest BCUT2D eigenvalue weighted by Crippen LogP contribution is -2.19. The zero-order chi connectivity index (χ0) is 15.7. The van der Waals surface area contributed by atoms with Crippen molar-refractivity contribution in [1.82, 2.24) is 4.98 Å². The van der Waals surface area contributed by atoms with Gasteiger partial charge < -0.3 is 15.8 Å². The van der Waals surface area contributed by atoms with Crippen LogP contribution >= 0.6 is 15.9 Å². The Balaban J connectivity index is 2.65. The van der Waals surface area contributed by atoms with E-state index in [9.17, 15) is 15.2 Å². The first-order valence-corrected chi connectivity index (χ1v) is 7.17.